The van der Waals surface area contributed by atoms with Crippen molar-refractivity contribution in [3.05, 3.63) is 11.3 Å². The smallest absolute Gasteiger partial charge is 0.175 e. The Labute approximate surface area is 112 Å². The van der Waals surface area contributed by atoms with E-state index in [0.29, 0.717) is 5.56 Å². The Morgan fingerprint density at radius 1 is 1.58 bits per heavy atom. The summed E-state index contributed by atoms with van der Waals surface area (Å²) < 4.78 is 7.21. The monoisotopic (exact) mass is 267 g/mol. The highest BCUT2D eigenvalue weighted by atomic mass is 16.5. The molecular weight excluding hydrogens is 246 g/mol. The number of amidine groups is 1. The number of oxime groups is 1. The van der Waals surface area contributed by atoms with Crippen LogP contribution in [-0.4, -0.2) is 47.1 Å². The molecule has 0 aromatic carbocycles. The third-order valence-electron chi connectivity index (χ3n) is 3.57. The molecule has 0 spiro atoms. The van der Waals surface area contributed by atoms with Crippen LogP contribution in [0.1, 0.15) is 24.1 Å². The number of rotatable bonds is 3. The zero-order chi connectivity index (χ0) is 14.0. The van der Waals surface area contributed by atoms with Crippen LogP contribution in [0.2, 0.25) is 0 Å². The van der Waals surface area contributed by atoms with Gasteiger partial charge in [-0.3, -0.25) is 4.68 Å². The molecule has 0 saturated carbocycles. The number of aromatic nitrogens is 2. The molecule has 1 atom stereocenters. The van der Waals surface area contributed by atoms with Gasteiger partial charge in [-0.1, -0.05) is 5.16 Å². The van der Waals surface area contributed by atoms with Crippen LogP contribution in [0.5, 0.6) is 0 Å². The minimum atomic E-state index is 0.0974. The lowest BCUT2D eigenvalue weighted by molar-refractivity contribution is 0.0889. The van der Waals surface area contributed by atoms with E-state index in [1.54, 1.807) is 11.8 Å². The average molecular weight is 267 g/mol. The first-order chi connectivity index (χ1) is 9.08. The summed E-state index contributed by atoms with van der Waals surface area (Å²) in [6.45, 7) is 3.57. The lowest BCUT2D eigenvalue weighted by atomic mass is 10.1. The van der Waals surface area contributed by atoms with Gasteiger partial charge in [0, 0.05) is 27.2 Å². The molecule has 1 aliphatic rings. The van der Waals surface area contributed by atoms with E-state index in [2.05, 4.69) is 15.2 Å². The first-order valence-corrected chi connectivity index (χ1v) is 6.37. The molecule has 3 N–H and O–H groups in total. The number of nitrogens with two attached hydrogens (primary N) is 1. The second kappa shape index (κ2) is 5.48. The van der Waals surface area contributed by atoms with Gasteiger partial charge in [0.05, 0.1) is 17.4 Å². The van der Waals surface area contributed by atoms with Crippen LogP contribution < -0.4 is 10.6 Å². The largest absolute Gasteiger partial charge is 0.409 e. The van der Waals surface area contributed by atoms with Crippen LogP contribution in [0.15, 0.2) is 5.16 Å². The highest BCUT2D eigenvalue weighted by Gasteiger charge is 2.27. The van der Waals surface area contributed by atoms with E-state index >= 15 is 0 Å². The zero-order valence-corrected chi connectivity index (χ0v) is 11.6. The molecule has 0 aliphatic carbocycles. The molecule has 1 unspecified atom stereocenters. The van der Waals surface area contributed by atoms with Crippen molar-refractivity contribution in [1.29, 1.82) is 0 Å². The van der Waals surface area contributed by atoms with Gasteiger partial charge in [0.2, 0.25) is 0 Å². The minimum absolute atomic E-state index is 0.0974. The molecule has 7 nitrogen and oxygen atoms in total. The highest BCUT2D eigenvalue weighted by molar-refractivity contribution is 6.02. The number of hydrogen-bond donors (Lipinski definition) is 2. The van der Waals surface area contributed by atoms with Crippen molar-refractivity contribution >= 4 is 11.7 Å². The van der Waals surface area contributed by atoms with Crippen LogP contribution in [0, 0.1) is 6.92 Å². The topological polar surface area (TPSA) is 88.9 Å². The van der Waals surface area contributed by atoms with Crippen LogP contribution in [0.3, 0.4) is 0 Å². The molecule has 106 valence electrons. The number of nitrogens with zero attached hydrogens (tertiary/aromatic N) is 4. The maximum Gasteiger partial charge on any atom is 0.175 e. The van der Waals surface area contributed by atoms with Gasteiger partial charge in [-0.25, -0.2) is 0 Å². The summed E-state index contributed by atoms with van der Waals surface area (Å²) in [5, 5.41) is 16.4. The number of aryl methyl sites for hydroxylation is 2. The zero-order valence-electron chi connectivity index (χ0n) is 11.6. The van der Waals surface area contributed by atoms with E-state index in [-0.39, 0.29) is 11.9 Å². The van der Waals surface area contributed by atoms with Gasteiger partial charge in [-0.2, -0.15) is 5.10 Å². The third kappa shape index (κ3) is 2.51. The van der Waals surface area contributed by atoms with Crippen LogP contribution in [-0.2, 0) is 11.8 Å². The average Bonchev–Trinajstić information content (AvgIpc) is 2.72. The van der Waals surface area contributed by atoms with E-state index in [1.807, 2.05) is 14.0 Å². The Morgan fingerprint density at radius 3 is 2.95 bits per heavy atom. The van der Waals surface area contributed by atoms with Gasteiger partial charge in [-0.05, 0) is 19.8 Å². The molecule has 1 aliphatic heterocycles. The molecule has 2 rings (SSSR count). The molecule has 1 fully saturated rings. The summed E-state index contributed by atoms with van der Waals surface area (Å²) >= 11 is 0. The quantitative estimate of drug-likeness (QED) is 0.359. The first kappa shape index (κ1) is 13.7. The number of methoxy groups -OCH3 is 1. The summed E-state index contributed by atoms with van der Waals surface area (Å²) in [5.41, 5.74) is 7.22. The Morgan fingerprint density at radius 2 is 2.32 bits per heavy atom. The molecule has 1 aromatic heterocycles. The Balaban J connectivity index is 2.38. The molecule has 2 heterocycles. The van der Waals surface area contributed by atoms with Crippen molar-refractivity contribution in [2.24, 2.45) is 17.9 Å². The lowest BCUT2D eigenvalue weighted by Crippen LogP contribution is -2.41. The van der Waals surface area contributed by atoms with Crippen LogP contribution in [0.25, 0.3) is 0 Å². The predicted molar refractivity (Wildman–Crippen MR) is 72.7 cm³/mol. The molecule has 1 saturated heterocycles. The van der Waals surface area contributed by atoms with E-state index in [0.717, 1.165) is 37.4 Å². The minimum Gasteiger partial charge on any atom is -0.409 e. The Kier molecular flexibility index (Phi) is 3.94. The highest BCUT2D eigenvalue weighted by Crippen LogP contribution is 2.26. The molecule has 0 amide bonds. The van der Waals surface area contributed by atoms with Gasteiger partial charge in [0.25, 0.3) is 0 Å². The van der Waals surface area contributed by atoms with E-state index in [1.165, 1.54) is 0 Å². The van der Waals surface area contributed by atoms with E-state index < -0.39 is 0 Å². The molecule has 19 heavy (non-hydrogen) atoms. The number of hydrogen-bond acceptors (Lipinski definition) is 5. The number of ether oxygens (including phenoxy) is 1. The maximum atomic E-state index is 8.93. The van der Waals surface area contributed by atoms with Gasteiger partial charge in [0.1, 0.15) is 5.82 Å². The third-order valence-corrected chi connectivity index (χ3v) is 3.57. The summed E-state index contributed by atoms with van der Waals surface area (Å²) in [6, 6.07) is 0. The maximum absolute atomic E-state index is 8.93. The van der Waals surface area contributed by atoms with Crippen molar-refractivity contribution in [2.75, 3.05) is 25.1 Å². The molecule has 7 heteroatoms. The molecule has 0 radical (unpaired) electrons. The number of anilines is 1. The summed E-state index contributed by atoms with van der Waals surface area (Å²) in [5.74, 6) is 0.981. The summed E-state index contributed by atoms with van der Waals surface area (Å²) in [7, 11) is 3.60. The second-order valence-electron chi connectivity index (χ2n) is 4.84. The second-order valence-corrected chi connectivity index (χ2v) is 4.84. The van der Waals surface area contributed by atoms with Crippen molar-refractivity contribution < 1.29 is 9.94 Å². The first-order valence-electron chi connectivity index (χ1n) is 6.37. The fourth-order valence-electron chi connectivity index (χ4n) is 2.68. The summed E-state index contributed by atoms with van der Waals surface area (Å²) in [4.78, 5) is 2.19. The Bertz CT molecular complexity index is 483. The van der Waals surface area contributed by atoms with Gasteiger partial charge in [0.15, 0.2) is 5.84 Å². The fourth-order valence-corrected chi connectivity index (χ4v) is 2.68. The van der Waals surface area contributed by atoms with E-state index in [9.17, 15) is 0 Å². The molecule has 0 bridgehead atoms. The van der Waals surface area contributed by atoms with Gasteiger partial charge >= 0.3 is 0 Å². The van der Waals surface area contributed by atoms with Crippen LogP contribution in [0.4, 0.5) is 5.82 Å². The van der Waals surface area contributed by atoms with Crippen molar-refractivity contribution in [1.82, 2.24) is 9.78 Å². The number of piperidine rings is 1. The Hall–Kier alpha value is -1.76. The van der Waals surface area contributed by atoms with Gasteiger partial charge in [-0.15, -0.1) is 0 Å². The van der Waals surface area contributed by atoms with Crippen molar-refractivity contribution in [3.8, 4) is 0 Å². The molecule has 1 aromatic rings. The SMILES string of the molecule is COC1CCCN(c2c(C(N)=NO)c(C)nn2C)C1. The predicted octanol–water partition coefficient (Wildman–Crippen LogP) is 0.438. The fraction of sp³-hybridized carbons (Fsp3) is 0.667. The van der Waals surface area contributed by atoms with E-state index in [4.69, 9.17) is 15.7 Å². The van der Waals surface area contributed by atoms with Gasteiger partial charge < -0.3 is 20.6 Å². The normalized spacial score (nSPS) is 20.9. The van der Waals surface area contributed by atoms with Crippen molar-refractivity contribution in [3.63, 3.8) is 0 Å². The molecular formula is C12H21N5O2. The standard InChI is InChI=1S/C12H21N5O2/c1-8-10(11(13)15-18)12(16(2)14-8)17-6-4-5-9(7-17)19-3/h9,18H,4-7H2,1-3H3,(H2,13,15). The van der Waals surface area contributed by atoms with Crippen LogP contribution >= 0.6 is 0 Å². The lowest BCUT2D eigenvalue weighted by Gasteiger charge is -2.33. The summed E-state index contributed by atoms with van der Waals surface area (Å²) in [6.07, 6.45) is 2.32. The van der Waals surface area contributed by atoms with Crippen molar-refractivity contribution in [2.45, 2.75) is 25.9 Å².